The van der Waals surface area contributed by atoms with E-state index in [1.807, 2.05) is 6.07 Å². The van der Waals surface area contributed by atoms with Gasteiger partial charge in [-0.1, -0.05) is 18.2 Å². The van der Waals surface area contributed by atoms with Gasteiger partial charge in [-0.3, -0.25) is 9.89 Å². The highest BCUT2D eigenvalue weighted by Gasteiger charge is 2.52. The first-order chi connectivity index (χ1) is 10.7. The zero-order valence-corrected chi connectivity index (χ0v) is 12.2. The summed E-state index contributed by atoms with van der Waals surface area (Å²) in [6.07, 6.45) is 3.81. The monoisotopic (exact) mass is 299 g/mol. The highest BCUT2D eigenvalue weighted by Crippen LogP contribution is 2.49. The fourth-order valence-corrected chi connectivity index (χ4v) is 3.00. The number of nitrogens with one attached hydrogen (secondary N) is 2. The minimum Gasteiger partial charge on any atom is -0.350 e. The second-order valence-electron chi connectivity index (χ2n) is 6.34. The van der Waals surface area contributed by atoms with Crippen molar-refractivity contribution in [1.82, 2.24) is 15.5 Å². The SMILES string of the molecule is O=C(NCc1cc(C2CC2)n[nH]1)C1(c2ccccc2F)CC1. The van der Waals surface area contributed by atoms with Crippen LogP contribution in [0.2, 0.25) is 0 Å². The predicted octanol–water partition coefficient (Wildman–Crippen LogP) is 2.77. The fourth-order valence-electron chi connectivity index (χ4n) is 3.00. The van der Waals surface area contributed by atoms with Crippen LogP contribution in [0.3, 0.4) is 0 Å². The number of H-pyrrole nitrogens is 1. The van der Waals surface area contributed by atoms with E-state index in [9.17, 15) is 9.18 Å². The van der Waals surface area contributed by atoms with Crippen molar-refractivity contribution in [3.63, 3.8) is 0 Å². The number of carbonyl (C=O) groups is 1. The second-order valence-corrected chi connectivity index (χ2v) is 6.34. The number of aromatic nitrogens is 2. The molecule has 2 aliphatic carbocycles. The van der Waals surface area contributed by atoms with Crippen LogP contribution in [-0.4, -0.2) is 16.1 Å². The molecule has 114 valence electrons. The first kappa shape index (κ1) is 13.5. The van der Waals surface area contributed by atoms with E-state index in [0.717, 1.165) is 11.4 Å². The van der Waals surface area contributed by atoms with Crippen LogP contribution < -0.4 is 5.32 Å². The molecule has 0 atom stereocenters. The van der Waals surface area contributed by atoms with Crippen LogP contribution in [0.25, 0.3) is 0 Å². The van der Waals surface area contributed by atoms with Crippen molar-refractivity contribution in [2.24, 2.45) is 0 Å². The molecule has 1 amide bonds. The maximum atomic E-state index is 14.0. The molecule has 0 aliphatic heterocycles. The number of carbonyl (C=O) groups excluding carboxylic acids is 1. The van der Waals surface area contributed by atoms with Crippen LogP contribution in [0.1, 0.15) is 48.6 Å². The van der Waals surface area contributed by atoms with Crippen molar-refractivity contribution in [3.8, 4) is 0 Å². The van der Waals surface area contributed by atoms with E-state index >= 15 is 0 Å². The van der Waals surface area contributed by atoms with Crippen molar-refractivity contribution in [3.05, 3.63) is 53.1 Å². The Bertz CT molecular complexity index is 716. The van der Waals surface area contributed by atoms with Gasteiger partial charge in [-0.25, -0.2) is 4.39 Å². The zero-order valence-electron chi connectivity index (χ0n) is 12.2. The number of benzene rings is 1. The summed E-state index contributed by atoms with van der Waals surface area (Å²) in [5.41, 5.74) is 1.82. The summed E-state index contributed by atoms with van der Waals surface area (Å²) in [5, 5.41) is 10.2. The molecule has 4 rings (SSSR count). The molecule has 1 heterocycles. The molecular weight excluding hydrogens is 281 g/mol. The molecule has 4 nitrogen and oxygen atoms in total. The molecule has 2 fully saturated rings. The maximum Gasteiger partial charge on any atom is 0.231 e. The highest BCUT2D eigenvalue weighted by atomic mass is 19.1. The van der Waals surface area contributed by atoms with Crippen molar-refractivity contribution >= 4 is 5.91 Å². The van der Waals surface area contributed by atoms with E-state index in [1.54, 1.807) is 18.2 Å². The standard InChI is InChI=1S/C17H18FN3O/c18-14-4-2-1-3-13(14)17(7-8-17)16(22)19-10-12-9-15(21-20-12)11-5-6-11/h1-4,9,11H,5-8,10H2,(H,19,22)(H,20,21). The van der Waals surface area contributed by atoms with Crippen LogP contribution in [0.15, 0.2) is 30.3 Å². The summed E-state index contributed by atoms with van der Waals surface area (Å²) in [4.78, 5) is 12.5. The molecule has 0 radical (unpaired) electrons. The van der Waals surface area contributed by atoms with E-state index in [0.29, 0.717) is 30.9 Å². The highest BCUT2D eigenvalue weighted by molar-refractivity contribution is 5.91. The third-order valence-corrected chi connectivity index (χ3v) is 4.66. The molecule has 0 saturated heterocycles. The Balaban J connectivity index is 1.44. The summed E-state index contributed by atoms with van der Waals surface area (Å²) < 4.78 is 14.0. The molecule has 2 saturated carbocycles. The number of halogens is 1. The summed E-state index contributed by atoms with van der Waals surface area (Å²) in [5.74, 6) is 0.196. The van der Waals surface area contributed by atoms with Crippen LogP contribution >= 0.6 is 0 Å². The summed E-state index contributed by atoms with van der Waals surface area (Å²) in [7, 11) is 0. The lowest BCUT2D eigenvalue weighted by Gasteiger charge is -2.16. The van der Waals surface area contributed by atoms with E-state index < -0.39 is 5.41 Å². The fraction of sp³-hybridized carbons (Fsp3) is 0.412. The molecule has 0 bridgehead atoms. The van der Waals surface area contributed by atoms with E-state index in [-0.39, 0.29) is 11.7 Å². The molecule has 0 spiro atoms. The van der Waals surface area contributed by atoms with Crippen LogP contribution in [0, 0.1) is 5.82 Å². The van der Waals surface area contributed by atoms with E-state index in [2.05, 4.69) is 15.5 Å². The largest absolute Gasteiger partial charge is 0.350 e. The maximum absolute atomic E-state index is 14.0. The molecular formula is C17H18FN3O. The van der Waals surface area contributed by atoms with Gasteiger partial charge in [0.2, 0.25) is 5.91 Å². The van der Waals surface area contributed by atoms with Gasteiger partial charge in [-0.2, -0.15) is 5.10 Å². The minimum absolute atomic E-state index is 0.0971. The number of nitrogens with zero attached hydrogens (tertiary/aromatic N) is 1. The van der Waals surface area contributed by atoms with Gasteiger partial charge < -0.3 is 5.32 Å². The van der Waals surface area contributed by atoms with Crippen LogP contribution in [0.4, 0.5) is 4.39 Å². The van der Waals surface area contributed by atoms with Gasteiger partial charge in [0.05, 0.1) is 23.3 Å². The van der Waals surface area contributed by atoms with Crippen molar-refractivity contribution < 1.29 is 9.18 Å². The minimum atomic E-state index is -0.676. The van der Waals surface area contributed by atoms with Crippen molar-refractivity contribution in [1.29, 1.82) is 0 Å². The van der Waals surface area contributed by atoms with E-state index in [1.165, 1.54) is 18.9 Å². The molecule has 2 aliphatic rings. The molecule has 22 heavy (non-hydrogen) atoms. The van der Waals surface area contributed by atoms with Crippen LogP contribution in [0.5, 0.6) is 0 Å². The molecule has 2 N–H and O–H groups in total. The van der Waals surface area contributed by atoms with Gasteiger partial charge in [0.15, 0.2) is 0 Å². The lowest BCUT2D eigenvalue weighted by molar-refractivity contribution is -0.123. The Labute approximate surface area is 128 Å². The van der Waals surface area contributed by atoms with Gasteiger partial charge in [-0.05, 0) is 37.8 Å². The Morgan fingerprint density at radius 3 is 2.82 bits per heavy atom. The van der Waals surface area contributed by atoms with Gasteiger partial charge >= 0.3 is 0 Å². The first-order valence-electron chi connectivity index (χ1n) is 7.76. The summed E-state index contributed by atoms with van der Waals surface area (Å²) >= 11 is 0. The van der Waals surface area contributed by atoms with Crippen LogP contribution in [-0.2, 0) is 16.8 Å². The average molecular weight is 299 g/mol. The lowest BCUT2D eigenvalue weighted by Crippen LogP contribution is -2.35. The molecule has 2 aromatic rings. The smallest absolute Gasteiger partial charge is 0.231 e. The Kier molecular flexibility index (Phi) is 3.03. The number of amides is 1. The van der Waals surface area contributed by atoms with Gasteiger partial charge in [0.25, 0.3) is 0 Å². The lowest BCUT2D eigenvalue weighted by atomic mass is 9.94. The van der Waals surface area contributed by atoms with E-state index in [4.69, 9.17) is 0 Å². The molecule has 1 aromatic carbocycles. The normalized spacial score (nSPS) is 19.0. The number of rotatable bonds is 5. The first-order valence-corrected chi connectivity index (χ1v) is 7.76. The molecule has 1 aromatic heterocycles. The predicted molar refractivity (Wildman–Crippen MR) is 79.7 cm³/mol. The third kappa shape index (κ3) is 2.30. The molecule has 5 heteroatoms. The number of aromatic amines is 1. The number of hydrogen-bond acceptors (Lipinski definition) is 2. The number of hydrogen-bond donors (Lipinski definition) is 2. The Hall–Kier alpha value is -2.17. The van der Waals surface area contributed by atoms with Crippen molar-refractivity contribution in [2.45, 2.75) is 43.6 Å². The topological polar surface area (TPSA) is 57.8 Å². The van der Waals surface area contributed by atoms with Gasteiger partial charge in [-0.15, -0.1) is 0 Å². The zero-order chi connectivity index (χ0) is 15.2. The quantitative estimate of drug-likeness (QED) is 0.892. The second kappa shape index (κ2) is 4.93. The third-order valence-electron chi connectivity index (χ3n) is 4.66. The summed E-state index contributed by atoms with van der Waals surface area (Å²) in [6.45, 7) is 0.411. The van der Waals surface area contributed by atoms with Gasteiger partial charge in [0.1, 0.15) is 5.82 Å². The van der Waals surface area contributed by atoms with Gasteiger partial charge in [0, 0.05) is 11.5 Å². The molecule has 0 unspecified atom stereocenters. The summed E-state index contributed by atoms with van der Waals surface area (Å²) in [6, 6.07) is 8.57. The Morgan fingerprint density at radius 2 is 2.14 bits per heavy atom. The Morgan fingerprint density at radius 1 is 1.36 bits per heavy atom. The average Bonchev–Trinajstić information content (AvgIpc) is 3.44. The van der Waals surface area contributed by atoms with Crippen molar-refractivity contribution in [2.75, 3.05) is 0 Å².